The predicted octanol–water partition coefficient (Wildman–Crippen LogP) is 3.05. The number of aliphatic hydroxyl groups excluding tert-OH is 1. The highest BCUT2D eigenvalue weighted by molar-refractivity contribution is 5.83. The molecule has 0 aromatic heterocycles. The normalized spacial score (nSPS) is 27.6. The van der Waals surface area contributed by atoms with Crippen molar-refractivity contribution >= 4 is 5.91 Å². The molecule has 0 bridgehead atoms. The highest BCUT2D eigenvalue weighted by Crippen LogP contribution is 2.70. The van der Waals surface area contributed by atoms with Crippen LogP contribution in [0.4, 0.5) is 0 Å². The average Bonchev–Trinajstić information content (AvgIpc) is 3.30. The number of aliphatic hydroxyl groups is 2. The molecule has 0 saturated heterocycles. The fourth-order valence-corrected chi connectivity index (χ4v) is 6.08. The van der Waals surface area contributed by atoms with Gasteiger partial charge in [-0.2, -0.15) is 0 Å². The van der Waals surface area contributed by atoms with Crippen molar-refractivity contribution in [3.05, 3.63) is 83.4 Å². The predicted molar refractivity (Wildman–Crippen MR) is 136 cm³/mol. The van der Waals surface area contributed by atoms with E-state index in [0.717, 1.165) is 5.56 Å². The Kier molecular flexibility index (Phi) is 6.04. The minimum atomic E-state index is -2.05. The maximum Gasteiger partial charge on any atom is 0.228 e. The van der Waals surface area contributed by atoms with Crippen molar-refractivity contribution in [2.75, 3.05) is 35.4 Å². The third-order valence-corrected chi connectivity index (χ3v) is 7.68. The van der Waals surface area contributed by atoms with Crippen molar-refractivity contribution in [3.63, 3.8) is 0 Å². The molecule has 194 valence electrons. The van der Waals surface area contributed by atoms with Gasteiger partial charge in [0.05, 0.1) is 32.8 Å². The smallest absolute Gasteiger partial charge is 0.228 e. The van der Waals surface area contributed by atoms with Crippen LogP contribution >= 0.6 is 0 Å². The van der Waals surface area contributed by atoms with Crippen LogP contribution in [-0.4, -0.2) is 62.5 Å². The number of hydrogen-bond donors (Lipinski definition) is 2. The maximum absolute atomic E-state index is 13.7. The van der Waals surface area contributed by atoms with Crippen LogP contribution in [0.3, 0.4) is 0 Å². The number of hydrogen-bond acceptors (Lipinski definition) is 7. The van der Waals surface area contributed by atoms with Gasteiger partial charge in [-0.1, -0.05) is 42.5 Å². The van der Waals surface area contributed by atoms with Gasteiger partial charge in [0.1, 0.15) is 29.1 Å². The Morgan fingerprint density at radius 1 is 0.919 bits per heavy atom. The molecular formula is C29H31NO7. The molecule has 1 saturated carbocycles. The van der Waals surface area contributed by atoms with Crippen LogP contribution < -0.4 is 18.9 Å². The van der Waals surface area contributed by atoms with E-state index in [4.69, 9.17) is 18.9 Å². The molecule has 5 rings (SSSR count). The molecule has 0 radical (unpaired) electrons. The summed E-state index contributed by atoms with van der Waals surface area (Å²) in [5.41, 5.74) is -2.04. The lowest BCUT2D eigenvalue weighted by molar-refractivity contribution is -0.156. The number of ether oxygens (including phenoxy) is 4. The van der Waals surface area contributed by atoms with Gasteiger partial charge in [0.15, 0.2) is 11.2 Å². The largest absolute Gasteiger partial charge is 0.497 e. The zero-order chi connectivity index (χ0) is 26.5. The van der Waals surface area contributed by atoms with Crippen LogP contribution in [-0.2, 0) is 16.0 Å². The van der Waals surface area contributed by atoms with Crippen molar-refractivity contribution in [1.29, 1.82) is 0 Å². The molecule has 8 heteroatoms. The minimum absolute atomic E-state index is 0.272. The van der Waals surface area contributed by atoms with E-state index >= 15 is 0 Å². The Hall–Kier alpha value is -3.75. The lowest BCUT2D eigenvalue weighted by Gasteiger charge is -2.41. The Morgan fingerprint density at radius 3 is 2.14 bits per heavy atom. The maximum atomic E-state index is 13.7. The summed E-state index contributed by atoms with van der Waals surface area (Å²) >= 11 is 0. The van der Waals surface area contributed by atoms with E-state index in [1.165, 1.54) is 19.1 Å². The third kappa shape index (κ3) is 3.32. The summed E-state index contributed by atoms with van der Waals surface area (Å²) in [5.74, 6) is -0.426. The van der Waals surface area contributed by atoms with Crippen LogP contribution in [0.1, 0.15) is 22.6 Å². The Bertz CT molecular complexity index is 1310. The van der Waals surface area contributed by atoms with Crippen molar-refractivity contribution < 1.29 is 34.0 Å². The molecule has 5 atom stereocenters. The first kappa shape index (κ1) is 24.9. The molecule has 2 N–H and O–H groups in total. The molecule has 8 nitrogen and oxygen atoms in total. The van der Waals surface area contributed by atoms with E-state index in [0.29, 0.717) is 22.8 Å². The number of amides is 1. The van der Waals surface area contributed by atoms with Gasteiger partial charge in [0.2, 0.25) is 5.91 Å². The van der Waals surface area contributed by atoms with Crippen LogP contribution in [0.15, 0.2) is 66.7 Å². The zero-order valence-electron chi connectivity index (χ0n) is 21.5. The average molecular weight is 506 g/mol. The summed E-state index contributed by atoms with van der Waals surface area (Å²) in [5, 5.41) is 24.8. The van der Waals surface area contributed by atoms with E-state index in [1.54, 1.807) is 57.6 Å². The Morgan fingerprint density at radius 2 is 1.57 bits per heavy atom. The van der Waals surface area contributed by atoms with E-state index < -0.39 is 29.1 Å². The lowest BCUT2D eigenvalue weighted by Crippen LogP contribution is -2.52. The molecule has 1 aliphatic carbocycles. The number of nitrogens with zero attached hydrogens (tertiary/aromatic N) is 1. The number of carbonyl (C=O) groups is 1. The fourth-order valence-electron chi connectivity index (χ4n) is 6.08. The first-order valence-corrected chi connectivity index (χ1v) is 12.0. The van der Waals surface area contributed by atoms with Crippen molar-refractivity contribution in [2.24, 2.45) is 5.92 Å². The topological polar surface area (TPSA) is 97.7 Å². The molecule has 1 aliphatic heterocycles. The van der Waals surface area contributed by atoms with Gasteiger partial charge < -0.3 is 34.1 Å². The van der Waals surface area contributed by atoms with Gasteiger partial charge in [0.25, 0.3) is 0 Å². The second-order valence-corrected chi connectivity index (χ2v) is 9.63. The van der Waals surface area contributed by atoms with E-state index in [1.807, 2.05) is 30.3 Å². The summed E-state index contributed by atoms with van der Waals surface area (Å²) in [4.78, 5) is 15.1. The highest BCUT2D eigenvalue weighted by Gasteiger charge is 2.78. The molecule has 1 heterocycles. The second kappa shape index (κ2) is 8.97. The molecular weight excluding hydrogens is 474 g/mol. The summed E-state index contributed by atoms with van der Waals surface area (Å²) in [6.07, 6.45) is -1.53. The minimum Gasteiger partial charge on any atom is -0.497 e. The van der Waals surface area contributed by atoms with Crippen molar-refractivity contribution in [2.45, 2.75) is 23.2 Å². The van der Waals surface area contributed by atoms with Gasteiger partial charge in [-0.05, 0) is 23.3 Å². The molecule has 37 heavy (non-hydrogen) atoms. The van der Waals surface area contributed by atoms with Gasteiger partial charge in [-0.3, -0.25) is 4.79 Å². The number of benzene rings is 3. The molecule has 0 spiro atoms. The summed E-state index contributed by atoms with van der Waals surface area (Å²) in [6.45, 7) is 0. The number of carbonyl (C=O) groups excluding carboxylic acids is 1. The Balaban J connectivity index is 1.88. The van der Waals surface area contributed by atoms with Gasteiger partial charge >= 0.3 is 0 Å². The molecule has 1 fully saturated rings. The summed E-state index contributed by atoms with van der Waals surface area (Å²) in [6, 6.07) is 19.8. The first-order valence-electron chi connectivity index (χ1n) is 12.0. The standard InChI is InChI=1S/C29H31NO7/c1-30(2)27(32)23-24(17-9-7-6-8-10-17)29(18-11-13-19(34-3)14-12-18)28(33,26(23)31)25-21(36-5)15-20(35-4)16-22(25)37-29/h6-16,23-24,26,31,33H,1-5H3/t23-,24-,26+,28+,29+/m1/s1. The summed E-state index contributed by atoms with van der Waals surface area (Å²) < 4.78 is 23.3. The number of fused-ring (bicyclic) bond motifs is 3. The lowest BCUT2D eigenvalue weighted by atomic mass is 9.70. The van der Waals surface area contributed by atoms with Crippen molar-refractivity contribution in [1.82, 2.24) is 4.90 Å². The molecule has 2 aliphatic rings. The van der Waals surface area contributed by atoms with Crippen LogP contribution in [0.5, 0.6) is 23.0 Å². The van der Waals surface area contributed by atoms with E-state index in [9.17, 15) is 15.0 Å². The van der Waals surface area contributed by atoms with Gasteiger partial charge in [-0.15, -0.1) is 0 Å². The van der Waals surface area contributed by atoms with Gasteiger partial charge in [0, 0.05) is 32.1 Å². The van der Waals surface area contributed by atoms with E-state index in [2.05, 4.69) is 0 Å². The zero-order valence-corrected chi connectivity index (χ0v) is 21.5. The molecule has 1 amide bonds. The highest BCUT2D eigenvalue weighted by atomic mass is 16.5. The number of methoxy groups -OCH3 is 3. The first-order chi connectivity index (χ1) is 17.7. The van der Waals surface area contributed by atoms with Crippen molar-refractivity contribution in [3.8, 4) is 23.0 Å². The quantitative estimate of drug-likeness (QED) is 0.532. The van der Waals surface area contributed by atoms with Crippen LogP contribution in [0.25, 0.3) is 0 Å². The molecule has 3 aromatic carbocycles. The van der Waals surface area contributed by atoms with Gasteiger partial charge in [-0.25, -0.2) is 0 Å². The fraction of sp³-hybridized carbons (Fsp3) is 0.345. The Labute approximate surface area is 216 Å². The molecule has 0 unspecified atom stereocenters. The summed E-state index contributed by atoms with van der Waals surface area (Å²) in [7, 11) is 7.84. The number of rotatable bonds is 6. The monoisotopic (exact) mass is 505 g/mol. The SMILES string of the molecule is COc1ccc([C@@]23Oc4cc(OC)cc(OC)c4[C@]2(O)[C@@H](O)[C@H](C(=O)N(C)C)[C@H]3c2ccccc2)cc1. The third-order valence-electron chi connectivity index (χ3n) is 7.68. The van der Waals surface area contributed by atoms with Crippen LogP contribution in [0, 0.1) is 5.92 Å². The van der Waals surface area contributed by atoms with Crippen LogP contribution in [0.2, 0.25) is 0 Å². The van der Waals surface area contributed by atoms with E-state index in [-0.39, 0.29) is 17.2 Å². The second-order valence-electron chi connectivity index (χ2n) is 9.63. The molecule has 3 aromatic rings.